The first-order valence-corrected chi connectivity index (χ1v) is 9.83. The molecule has 0 radical (unpaired) electrons. The predicted octanol–water partition coefficient (Wildman–Crippen LogP) is 3.28. The van der Waals surface area contributed by atoms with Crippen molar-refractivity contribution in [1.82, 2.24) is 14.1 Å². The summed E-state index contributed by atoms with van der Waals surface area (Å²) in [6.07, 6.45) is -0.489. The van der Waals surface area contributed by atoms with E-state index >= 15 is 0 Å². The van der Waals surface area contributed by atoms with Crippen LogP contribution in [-0.2, 0) is 35.4 Å². The lowest BCUT2D eigenvalue weighted by atomic mass is 9.93. The maximum Gasteiger partial charge on any atom is 0.416 e. The summed E-state index contributed by atoms with van der Waals surface area (Å²) in [6.45, 7) is 0. The second-order valence-electron chi connectivity index (χ2n) is 6.55. The first-order valence-electron chi connectivity index (χ1n) is 8.22. The summed E-state index contributed by atoms with van der Waals surface area (Å²) in [7, 11) is -0.480. The largest absolute Gasteiger partial charge is 0.416 e. The van der Waals surface area contributed by atoms with Gasteiger partial charge in [0.1, 0.15) is 0 Å². The van der Waals surface area contributed by atoms with Crippen LogP contribution in [0.2, 0.25) is 0 Å². The number of benzene rings is 1. The fraction of sp³-hybridized carbons (Fsp3) is 0.471. The Balaban J connectivity index is 1.85. The monoisotopic (exact) mass is 387 g/mol. The predicted molar refractivity (Wildman–Crippen MR) is 90.7 cm³/mol. The first kappa shape index (κ1) is 18.9. The van der Waals surface area contributed by atoms with Crippen LogP contribution in [0, 0.1) is 0 Å². The SMILES string of the molecule is CN(C1CCCc2c1cnn2C)S(=O)(=O)Cc1cccc(C(F)(F)F)c1. The molecule has 1 aliphatic rings. The molecule has 1 aromatic heterocycles. The molecule has 0 bridgehead atoms. The van der Waals surface area contributed by atoms with Gasteiger partial charge in [0.25, 0.3) is 0 Å². The number of halogens is 3. The van der Waals surface area contributed by atoms with Crippen LogP contribution < -0.4 is 0 Å². The molecule has 3 rings (SSSR count). The number of aromatic nitrogens is 2. The van der Waals surface area contributed by atoms with E-state index in [1.54, 1.807) is 10.9 Å². The van der Waals surface area contributed by atoms with Gasteiger partial charge in [-0.25, -0.2) is 8.42 Å². The molecule has 1 aromatic carbocycles. The number of hydrogen-bond donors (Lipinski definition) is 0. The van der Waals surface area contributed by atoms with E-state index in [4.69, 9.17) is 0 Å². The minimum atomic E-state index is -4.50. The molecule has 0 amide bonds. The van der Waals surface area contributed by atoms with Gasteiger partial charge in [0.2, 0.25) is 10.0 Å². The number of hydrogen-bond acceptors (Lipinski definition) is 3. The molecule has 1 unspecified atom stereocenters. The van der Waals surface area contributed by atoms with Crippen molar-refractivity contribution < 1.29 is 21.6 Å². The third-order valence-electron chi connectivity index (χ3n) is 4.83. The van der Waals surface area contributed by atoms with Crippen LogP contribution in [0.15, 0.2) is 30.5 Å². The van der Waals surface area contributed by atoms with E-state index in [1.807, 2.05) is 7.05 Å². The van der Waals surface area contributed by atoms with Crippen molar-refractivity contribution in [3.63, 3.8) is 0 Å². The Kier molecular flexibility index (Phi) is 4.87. The molecule has 0 N–H and O–H groups in total. The second kappa shape index (κ2) is 6.70. The Morgan fingerprint density at radius 3 is 2.77 bits per heavy atom. The molecule has 0 spiro atoms. The van der Waals surface area contributed by atoms with Crippen LogP contribution in [0.4, 0.5) is 13.2 Å². The van der Waals surface area contributed by atoms with E-state index in [-0.39, 0.29) is 11.6 Å². The van der Waals surface area contributed by atoms with Crippen LogP contribution in [0.1, 0.15) is 41.3 Å². The molecule has 0 aliphatic heterocycles. The number of alkyl halides is 3. The topological polar surface area (TPSA) is 55.2 Å². The molecular formula is C17H20F3N3O2S. The van der Waals surface area contributed by atoms with E-state index < -0.39 is 27.5 Å². The quantitative estimate of drug-likeness (QED) is 0.809. The molecule has 9 heteroatoms. The third-order valence-corrected chi connectivity index (χ3v) is 6.66. The normalized spacial score (nSPS) is 18.2. The van der Waals surface area contributed by atoms with Crippen molar-refractivity contribution in [2.45, 2.75) is 37.2 Å². The number of sulfonamides is 1. The van der Waals surface area contributed by atoms with E-state index in [0.717, 1.165) is 36.2 Å². The Bertz CT molecular complexity index is 906. The summed E-state index contributed by atoms with van der Waals surface area (Å²) in [5.74, 6) is -0.473. The van der Waals surface area contributed by atoms with Gasteiger partial charge in [-0.05, 0) is 30.9 Å². The molecule has 0 saturated heterocycles. The van der Waals surface area contributed by atoms with Crippen molar-refractivity contribution in [1.29, 1.82) is 0 Å². The van der Waals surface area contributed by atoms with Crippen LogP contribution in [0.25, 0.3) is 0 Å². The lowest BCUT2D eigenvalue weighted by Crippen LogP contribution is -2.34. The maximum atomic E-state index is 12.8. The van der Waals surface area contributed by atoms with Crippen molar-refractivity contribution in [3.8, 4) is 0 Å². The van der Waals surface area contributed by atoms with Crippen molar-refractivity contribution in [2.24, 2.45) is 7.05 Å². The second-order valence-corrected chi connectivity index (χ2v) is 8.58. The van der Waals surface area contributed by atoms with Gasteiger partial charge >= 0.3 is 6.18 Å². The Morgan fingerprint density at radius 2 is 2.08 bits per heavy atom. The van der Waals surface area contributed by atoms with Gasteiger partial charge < -0.3 is 0 Å². The molecule has 5 nitrogen and oxygen atoms in total. The minimum Gasteiger partial charge on any atom is -0.272 e. The van der Waals surface area contributed by atoms with Crippen molar-refractivity contribution >= 4 is 10.0 Å². The average Bonchev–Trinajstić information content (AvgIpc) is 2.95. The summed E-state index contributed by atoms with van der Waals surface area (Å²) in [6, 6.07) is 4.11. The van der Waals surface area contributed by atoms with Gasteiger partial charge in [-0.2, -0.15) is 22.6 Å². The highest BCUT2D eigenvalue weighted by Crippen LogP contribution is 2.35. The molecule has 2 aromatic rings. The molecule has 142 valence electrons. The highest BCUT2D eigenvalue weighted by molar-refractivity contribution is 7.88. The van der Waals surface area contributed by atoms with Crippen LogP contribution >= 0.6 is 0 Å². The average molecular weight is 387 g/mol. The van der Waals surface area contributed by atoms with Crippen LogP contribution in [0.5, 0.6) is 0 Å². The van der Waals surface area contributed by atoms with Crippen LogP contribution in [-0.4, -0.2) is 29.6 Å². The molecular weight excluding hydrogens is 367 g/mol. The van der Waals surface area contributed by atoms with E-state index in [0.29, 0.717) is 6.42 Å². The molecule has 1 aliphatic carbocycles. The Hall–Kier alpha value is -1.87. The molecule has 26 heavy (non-hydrogen) atoms. The van der Waals surface area contributed by atoms with Gasteiger partial charge in [0.05, 0.1) is 23.6 Å². The van der Waals surface area contributed by atoms with E-state index in [2.05, 4.69) is 5.10 Å². The summed E-state index contributed by atoms with van der Waals surface area (Å²) < 4.78 is 67.2. The van der Waals surface area contributed by atoms with Gasteiger partial charge in [-0.15, -0.1) is 0 Å². The zero-order valence-electron chi connectivity index (χ0n) is 14.5. The first-order chi connectivity index (χ1) is 12.1. The summed E-state index contributed by atoms with van der Waals surface area (Å²) >= 11 is 0. The van der Waals surface area contributed by atoms with E-state index in [9.17, 15) is 21.6 Å². The molecule has 1 atom stereocenters. The zero-order valence-corrected chi connectivity index (χ0v) is 15.3. The molecule has 0 fully saturated rings. The highest BCUT2D eigenvalue weighted by Gasteiger charge is 2.34. The van der Waals surface area contributed by atoms with Crippen LogP contribution in [0.3, 0.4) is 0 Å². The van der Waals surface area contributed by atoms with Crippen molar-refractivity contribution in [2.75, 3.05) is 7.05 Å². The van der Waals surface area contributed by atoms with Gasteiger partial charge in [0.15, 0.2) is 0 Å². The zero-order chi connectivity index (χ0) is 19.1. The fourth-order valence-electron chi connectivity index (χ4n) is 3.40. The number of nitrogens with zero attached hydrogens (tertiary/aromatic N) is 3. The summed E-state index contributed by atoms with van der Waals surface area (Å²) in [5.41, 5.74) is 1.14. The number of fused-ring (bicyclic) bond motifs is 1. The number of rotatable bonds is 4. The van der Waals surface area contributed by atoms with Gasteiger partial charge in [-0.1, -0.05) is 18.2 Å². The Labute approximate surface area is 150 Å². The smallest absolute Gasteiger partial charge is 0.272 e. The minimum absolute atomic E-state index is 0.119. The van der Waals surface area contributed by atoms with E-state index in [1.165, 1.54) is 23.5 Å². The fourth-order valence-corrected chi connectivity index (χ4v) is 4.82. The summed E-state index contributed by atoms with van der Waals surface area (Å²) in [4.78, 5) is 0. The lowest BCUT2D eigenvalue weighted by molar-refractivity contribution is -0.137. The van der Waals surface area contributed by atoms with Gasteiger partial charge in [-0.3, -0.25) is 4.68 Å². The highest BCUT2D eigenvalue weighted by atomic mass is 32.2. The maximum absolute atomic E-state index is 12.8. The molecule has 0 saturated carbocycles. The third kappa shape index (κ3) is 3.64. The standard InChI is InChI=1S/C17H20F3N3O2S/c1-22-15-7-4-8-16(14(15)10-21-22)23(2)26(24,25)11-12-5-3-6-13(9-12)17(18,19)20/h3,5-6,9-10,16H,4,7-8,11H2,1-2H3. The number of aryl methyl sites for hydroxylation is 1. The molecule has 1 heterocycles. The van der Waals surface area contributed by atoms with Gasteiger partial charge in [0, 0.05) is 25.4 Å². The van der Waals surface area contributed by atoms with Crippen molar-refractivity contribution in [3.05, 3.63) is 52.8 Å². The Morgan fingerprint density at radius 1 is 1.35 bits per heavy atom. The lowest BCUT2D eigenvalue weighted by Gasteiger charge is -2.30. The summed E-state index contributed by atoms with van der Waals surface area (Å²) in [5, 5.41) is 4.21.